The van der Waals surface area contributed by atoms with Crippen molar-refractivity contribution < 1.29 is 0 Å². The number of hydrogen-bond acceptors (Lipinski definition) is 2. The lowest BCUT2D eigenvalue weighted by Gasteiger charge is -2.35. The molecular weight excluding hydrogens is 932 g/mol. The van der Waals surface area contributed by atoms with Crippen LogP contribution in [0.15, 0.2) is 237 Å². The number of pyridine rings is 2. The van der Waals surface area contributed by atoms with Crippen LogP contribution in [0.4, 0.5) is 0 Å². The highest BCUT2D eigenvalue weighted by Gasteiger charge is 2.43. The minimum atomic E-state index is -0.131. The molecule has 0 saturated carbocycles. The van der Waals surface area contributed by atoms with E-state index in [0.29, 0.717) is 0 Å². The zero-order valence-electron chi connectivity index (χ0n) is 41.4. The lowest BCUT2D eigenvalue weighted by atomic mass is 9.33. The molecule has 0 radical (unpaired) electrons. The Labute approximate surface area is 440 Å². The Morgan fingerprint density at radius 1 is 0.286 bits per heavy atom. The fraction of sp³-hybridized carbons (Fsp3) is 0. The molecule has 350 valence electrons. The Hall–Kier alpha value is -10.1. The second-order valence-electron chi connectivity index (χ2n) is 21.4. The van der Waals surface area contributed by atoms with E-state index in [1.807, 2.05) is 12.4 Å². The molecular formula is C72H39BN4. The molecule has 0 atom stereocenters. The van der Waals surface area contributed by atoms with E-state index in [4.69, 9.17) is 9.97 Å². The molecule has 0 spiro atoms. The van der Waals surface area contributed by atoms with Crippen LogP contribution in [0.1, 0.15) is 0 Å². The molecule has 4 aromatic heterocycles. The van der Waals surface area contributed by atoms with Crippen LogP contribution in [0.25, 0.3) is 164 Å². The summed E-state index contributed by atoms with van der Waals surface area (Å²) < 4.78 is 5.33. The van der Waals surface area contributed by atoms with E-state index >= 15 is 0 Å². The van der Waals surface area contributed by atoms with Crippen LogP contribution in [0.2, 0.25) is 0 Å². The Morgan fingerprint density at radius 3 is 1.43 bits per heavy atom. The average Bonchev–Trinajstić information content (AvgIpc) is 4.08. The highest BCUT2D eigenvalue weighted by molar-refractivity contribution is 7.02. The molecule has 0 fully saturated rings. The third-order valence-electron chi connectivity index (χ3n) is 17.9. The zero-order valence-corrected chi connectivity index (χ0v) is 41.4. The van der Waals surface area contributed by atoms with Gasteiger partial charge in [0.2, 0.25) is 0 Å². The topological polar surface area (TPSA) is 35.6 Å². The molecule has 0 aliphatic carbocycles. The first-order valence-corrected chi connectivity index (χ1v) is 26.8. The maximum absolute atomic E-state index is 4.89. The highest BCUT2D eigenvalue weighted by atomic mass is 15.0. The number of hydrogen-bond donors (Lipinski definition) is 0. The van der Waals surface area contributed by atoms with Gasteiger partial charge in [0.15, 0.2) is 0 Å². The lowest BCUT2D eigenvalue weighted by molar-refractivity contribution is 1.15. The number of nitrogens with zero attached hydrogens (tertiary/aromatic N) is 4. The van der Waals surface area contributed by atoms with E-state index in [-0.39, 0.29) is 6.71 Å². The van der Waals surface area contributed by atoms with Crippen molar-refractivity contribution in [3.05, 3.63) is 237 Å². The van der Waals surface area contributed by atoms with Crippen LogP contribution in [0.3, 0.4) is 0 Å². The normalized spacial score (nSPS) is 12.9. The molecule has 77 heavy (non-hydrogen) atoms. The molecule has 5 heteroatoms. The molecule has 0 saturated heterocycles. The molecule has 17 aromatic rings. The van der Waals surface area contributed by atoms with E-state index in [1.165, 1.54) is 158 Å². The molecule has 6 heterocycles. The summed E-state index contributed by atoms with van der Waals surface area (Å²) in [5, 5.41) is 22.7. The van der Waals surface area contributed by atoms with E-state index in [1.54, 1.807) is 0 Å². The second-order valence-corrected chi connectivity index (χ2v) is 21.4. The molecule has 2 aliphatic heterocycles. The second kappa shape index (κ2) is 14.4. The van der Waals surface area contributed by atoms with Gasteiger partial charge in [-0.2, -0.15) is 0 Å². The van der Waals surface area contributed by atoms with E-state index < -0.39 is 0 Å². The standard InChI is InChI=1S/C72H39BN4/c1-3-18-48-44(14-1)47-17-6-8-23-53(47)67-54(48)29-30-55-59-39-57-49-19-4-2-15-45(49)46-16-5-7-22-52(46)66(57)69-72(59)77(71(55)67)65-27-13-26-64-68(65)73(69)60-38-41(43-33-35-75-62-25-12-10-21-51(43)62)37-58-56-36-40(28-31-63(56)76(64)70(58)60)42-32-34-74-61-24-11-9-20-50(42)61/h1-39H. The van der Waals surface area contributed by atoms with Crippen molar-refractivity contribution in [1.82, 2.24) is 19.1 Å². The third-order valence-corrected chi connectivity index (χ3v) is 17.9. The van der Waals surface area contributed by atoms with Crippen LogP contribution in [0, 0.1) is 0 Å². The van der Waals surface area contributed by atoms with Gasteiger partial charge in [0.1, 0.15) is 0 Å². The van der Waals surface area contributed by atoms with E-state index in [9.17, 15) is 0 Å². The van der Waals surface area contributed by atoms with Crippen molar-refractivity contribution >= 4 is 153 Å². The van der Waals surface area contributed by atoms with Gasteiger partial charge in [0.25, 0.3) is 6.71 Å². The fourth-order valence-electron chi connectivity index (χ4n) is 14.9. The quantitative estimate of drug-likeness (QED) is 0.128. The van der Waals surface area contributed by atoms with Crippen molar-refractivity contribution in [3.8, 4) is 33.6 Å². The molecule has 0 amide bonds. The molecule has 2 aliphatic rings. The van der Waals surface area contributed by atoms with Gasteiger partial charge in [0, 0.05) is 67.0 Å². The van der Waals surface area contributed by atoms with Crippen molar-refractivity contribution in [1.29, 1.82) is 0 Å². The minimum absolute atomic E-state index is 0.131. The predicted molar refractivity (Wildman–Crippen MR) is 326 cm³/mol. The van der Waals surface area contributed by atoms with Gasteiger partial charge in [-0.25, -0.2) is 0 Å². The van der Waals surface area contributed by atoms with Crippen molar-refractivity contribution in [3.63, 3.8) is 0 Å². The smallest absolute Gasteiger partial charge is 0.253 e. The van der Waals surface area contributed by atoms with Gasteiger partial charge in [-0.3, -0.25) is 9.97 Å². The van der Waals surface area contributed by atoms with Gasteiger partial charge < -0.3 is 9.13 Å². The summed E-state index contributed by atoms with van der Waals surface area (Å²) in [5.74, 6) is 0. The van der Waals surface area contributed by atoms with Crippen LogP contribution < -0.4 is 16.4 Å². The Bertz CT molecular complexity index is 5560. The van der Waals surface area contributed by atoms with Gasteiger partial charge >= 0.3 is 0 Å². The van der Waals surface area contributed by atoms with Crippen molar-refractivity contribution in [2.24, 2.45) is 0 Å². The molecule has 13 aromatic carbocycles. The first kappa shape index (κ1) is 40.3. The van der Waals surface area contributed by atoms with E-state index in [0.717, 1.165) is 21.8 Å². The summed E-state index contributed by atoms with van der Waals surface area (Å²) >= 11 is 0. The van der Waals surface area contributed by atoms with Crippen molar-refractivity contribution in [2.45, 2.75) is 0 Å². The fourth-order valence-corrected chi connectivity index (χ4v) is 14.9. The van der Waals surface area contributed by atoms with Crippen LogP contribution in [0.5, 0.6) is 0 Å². The minimum Gasteiger partial charge on any atom is -0.310 e. The van der Waals surface area contributed by atoms with Gasteiger partial charge in [0.05, 0.1) is 27.6 Å². The van der Waals surface area contributed by atoms with Gasteiger partial charge in [-0.05, 0) is 159 Å². The maximum atomic E-state index is 4.89. The molecule has 0 bridgehead atoms. The SMILES string of the molecule is c1cc2c3c(c1)-n1c4c(c5c6ccccc6c6ccccc6c5cc4c4ccc5c6ccccc6c6ccccc6c5c41)B3c1cc(-c3ccnc4ccccc34)cc3c4cc(-c5ccnc6ccccc56)ccc4n-2c13. The largest absolute Gasteiger partial charge is 0.310 e. The van der Waals surface area contributed by atoms with Crippen LogP contribution in [-0.4, -0.2) is 25.8 Å². The Morgan fingerprint density at radius 2 is 0.779 bits per heavy atom. The molecule has 19 rings (SSSR count). The maximum Gasteiger partial charge on any atom is 0.253 e. The van der Waals surface area contributed by atoms with E-state index in [2.05, 4.69) is 234 Å². The number of para-hydroxylation sites is 2. The van der Waals surface area contributed by atoms with Crippen LogP contribution in [-0.2, 0) is 0 Å². The molecule has 0 unspecified atom stereocenters. The average molecular weight is 971 g/mol. The Kier molecular flexibility index (Phi) is 7.53. The van der Waals surface area contributed by atoms with Crippen LogP contribution >= 0.6 is 0 Å². The summed E-state index contributed by atoms with van der Waals surface area (Å²) in [4.78, 5) is 9.68. The molecule has 0 N–H and O–H groups in total. The summed E-state index contributed by atoms with van der Waals surface area (Å²) in [5.41, 5.74) is 18.2. The van der Waals surface area contributed by atoms with Gasteiger partial charge in [-0.1, -0.05) is 164 Å². The Balaban J connectivity index is 1.05. The number of aromatic nitrogens is 4. The molecule has 4 nitrogen and oxygen atoms in total. The lowest BCUT2D eigenvalue weighted by Crippen LogP contribution is -2.59. The van der Waals surface area contributed by atoms with Crippen molar-refractivity contribution in [2.75, 3.05) is 0 Å². The summed E-state index contributed by atoms with van der Waals surface area (Å²) in [6, 6.07) is 84.6. The first-order valence-electron chi connectivity index (χ1n) is 26.8. The summed E-state index contributed by atoms with van der Waals surface area (Å²) in [6.45, 7) is -0.131. The number of benzene rings is 13. The summed E-state index contributed by atoms with van der Waals surface area (Å²) in [6.07, 6.45) is 3.94. The third kappa shape index (κ3) is 5.00. The summed E-state index contributed by atoms with van der Waals surface area (Å²) in [7, 11) is 0. The number of fused-ring (bicyclic) bond motifs is 26. The number of rotatable bonds is 2. The zero-order chi connectivity index (χ0) is 49.8. The first-order chi connectivity index (χ1) is 38.2. The van der Waals surface area contributed by atoms with Gasteiger partial charge in [-0.15, -0.1) is 0 Å². The monoisotopic (exact) mass is 970 g/mol. The highest BCUT2D eigenvalue weighted by Crippen LogP contribution is 2.48. The predicted octanol–water partition coefficient (Wildman–Crippen LogP) is 16.4.